The minimum atomic E-state index is 0.668. The van der Waals surface area contributed by atoms with Crippen molar-refractivity contribution in [3.05, 3.63) is 35.1 Å². The molecule has 0 spiro atoms. The van der Waals surface area contributed by atoms with Crippen LogP contribution in [0.4, 0.5) is 5.00 Å². The lowest BCUT2D eigenvalue weighted by Crippen LogP contribution is -2.01. The molecule has 0 fully saturated rings. The predicted octanol–water partition coefficient (Wildman–Crippen LogP) is 1.96. The molecular weight excluding hydrogens is 304 g/mol. The van der Waals surface area contributed by atoms with E-state index >= 15 is 0 Å². The van der Waals surface area contributed by atoms with Gasteiger partial charge in [0.2, 0.25) is 0 Å². The van der Waals surface area contributed by atoms with Crippen molar-refractivity contribution in [3.8, 4) is 0 Å². The van der Waals surface area contributed by atoms with Crippen molar-refractivity contribution in [2.75, 3.05) is 5.32 Å². The Bertz CT molecular complexity index is 634. The highest BCUT2D eigenvalue weighted by molar-refractivity contribution is 9.10. The number of imidazole rings is 1. The molecule has 0 aliphatic carbocycles. The Hall–Kier alpha value is -1.54. The van der Waals surface area contributed by atoms with Crippen LogP contribution in [0, 0.1) is 0 Å². The second kappa shape index (κ2) is 4.38. The topological polar surface area (TPSA) is 68.0 Å². The van der Waals surface area contributed by atoms with Gasteiger partial charge in [0.05, 0.1) is 30.8 Å². The first-order chi connectivity index (χ1) is 8.33. The number of halogens is 1. The van der Waals surface area contributed by atoms with E-state index in [0.717, 1.165) is 20.9 Å². The molecule has 0 saturated heterocycles. The van der Waals surface area contributed by atoms with Crippen molar-refractivity contribution in [3.63, 3.8) is 0 Å². The number of fused-ring (bicyclic) bond motifs is 1. The maximum atomic E-state index is 4.27. The average Bonchev–Trinajstić information content (AvgIpc) is 2.94. The lowest BCUT2D eigenvalue weighted by Gasteiger charge is -2.02. The van der Waals surface area contributed by atoms with Gasteiger partial charge in [0.15, 0.2) is 5.65 Å². The Morgan fingerprint density at radius 3 is 3.06 bits per heavy atom. The fourth-order valence-corrected chi connectivity index (χ4v) is 2.19. The molecule has 3 aromatic rings. The maximum Gasteiger partial charge on any atom is 0.155 e. The predicted molar refractivity (Wildman–Crippen MR) is 67.9 cm³/mol. The van der Waals surface area contributed by atoms with Crippen LogP contribution in [0.5, 0.6) is 0 Å². The van der Waals surface area contributed by atoms with E-state index in [1.807, 2.05) is 16.8 Å². The van der Waals surface area contributed by atoms with Gasteiger partial charge in [-0.05, 0) is 15.9 Å². The monoisotopic (exact) mass is 310 g/mol. The second-order valence-electron chi connectivity index (χ2n) is 3.32. The van der Waals surface area contributed by atoms with E-state index in [9.17, 15) is 0 Å². The zero-order valence-corrected chi connectivity index (χ0v) is 10.9. The van der Waals surface area contributed by atoms with Gasteiger partial charge in [0.25, 0.3) is 0 Å². The van der Waals surface area contributed by atoms with Gasteiger partial charge in [-0.15, -0.1) is 5.10 Å². The summed E-state index contributed by atoms with van der Waals surface area (Å²) in [5, 5.41) is 7.94. The number of aromatic nitrogens is 5. The highest BCUT2D eigenvalue weighted by atomic mass is 79.9. The van der Waals surface area contributed by atoms with Crippen molar-refractivity contribution < 1.29 is 0 Å². The number of hydrogen-bond donors (Lipinski definition) is 1. The molecule has 86 valence electrons. The van der Waals surface area contributed by atoms with Gasteiger partial charge in [-0.3, -0.25) is 4.40 Å². The highest BCUT2D eigenvalue weighted by Gasteiger charge is 2.04. The summed E-state index contributed by atoms with van der Waals surface area (Å²) in [4.78, 5) is 8.40. The van der Waals surface area contributed by atoms with Gasteiger partial charge in [-0.1, -0.05) is 4.49 Å². The van der Waals surface area contributed by atoms with Crippen LogP contribution < -0.4 is 5.32 Å². The summed E-state index contributed by atoms with van der Waals surface area (Å²) < 4.78 is 6.55. The molecule has 3 heterocycles. The number of anilines is 1. The number of nitrogens with zero attached hydrogens (tertiary/aromatic N) is 5. The molecule has 0 aliphatic rings. The van der Waals surface area contributed by atoms with Gasteiger partial charge < -0.3 is 5.32 Å². The fourth-order valence-electron chi connectivity index (χ4n) is 1.47. The summed E-state index contributed by atoms with van der Waals surface area (Å²) in [5.41, 5.74) is 1.88. The average molecular weight is 311 g/mol. The van der Waals surface area contributed by atoms with Crippen LogP contribution in [0.15, 0.2) is 29.4 Å². The summed E-state index contributed by atoms with van der Waals surface area (Å²) in [6.07, 6.45) is 7.14. The third kappa shape index (κ3) is 2.13. The minimum Gasteiger partial charge on any atom is -0.369 e. The highest BCUT2D eigenvalue weighted by Crippen LogP contribution is 2.14. The lowest BCUT2D eigenvalue weighted by molar-refractivity contribution is 0.985. The lowest BCUT2D eigenvalue weighted by atomic mass is 10.4. The zero-order valence-electron chi connectivity index (χ0n) is 8.54. The molecule has 1 N–H and O–H groups in total. The Labute approximate surface area is 109 Å². The number of hydrogen-bond acceptors (Lipinski definition) is 6. The summed E-state index contributed by atoms with van der Waals surface area (Å²) in [6, 6.07) is 0. The smallest absolute Gasteiger partial charge is 0.155 e. The Kier molecular flexibility index (Phi) is 2.73. The van der Waals surface area contributed by atoms with E-state index in [1.54, 1.807) is 12.4 Å². The largest absolute Gasteiger partial charge is 0.369 e. The normalized spacial score (nSPS) is 10.9. The van der Waals surface area contributed by atoms with Crippen LogP contribution in [-0.4, -0.2) is 24.0 Å². The molecule has 0 saturated carbocycles. The molecule has 0 bridgehead atoms. The van der Waals surface area contributed by atoms with Crippen LogP contribution in [0.2, 0.25) is 0 Å². The third-order valence-corrected chi connectivity index (χ3v) is 3.28. The molecule has 0 aliphatic heterocycles. The Morgan fingerprint density at radius 1 is 1.29 bits per heavy atom. The van der Waals surface area contributed by atoms with Crippen molar-refractivity contribution >= 4 is 38.1 Å². The summed E-state index contributed by atoms with van der Waals surface area (Å²) in [6.45, 7) is 0.668. The minimum absolute atomic E-state index is 0.668. The SMILES string of the molecule is Brc1cn2c(CNc3cnns3)cnc2cn1. The summed E-state index contributed by atoms with van der Waals surface area (Å²) in [7, 11) is 0. The molecule has 3 aromatic heterocycles. The zero-order chi connectivity index (χ0) is 11.7. The fraction of sp³-hybridized carbons (Fsp3) is 0.111. The molecule has 0 amide bonds. The van der Waals surface area contributed by atoms with Crippen LogP contribution in [0.3, 0.4) is 0 Å². The van der Waals surface area contributed by atoms with Gasteiger partial charge in [-0.2, -0.15) is 0 Å². The van der Waals surface area contributed by atoms with E-state index in [-0.39, 0.29) is 0 Å². The third-order valence-electron chi connectivity index (χ3n) is 2.25. The molecule has 17 heavy (non-hydrogen) atoms. The van der Waals surface area contributed by atoms with Crippen LogP contribution >= 0.6 is 27.5 Å². The van der Waals surface area contributed by atoms with E-state index in [0.29, 0.717) is 6.54 Å². The van der Waals surface area contributed by atoms with Crippen LogP contribution in [-0.2, 0) is 6.54 Å². The molecule has 0 aromatic carbocycles. The number of rotatable bonds is 3. The standard InChI is InChI=1S/C9H7BrN6S/c10-7-5-16-6(1-12-8(16)3-11-7)2-13-9-4-14-15-17-9/h1,3-5,13H,2H2. The molecule has 8 heteroatoms. The summed E-state index contributed by atoms with van der Waals surface area (Å²) in [5.74, 6) is 0. The first-order valence-corrected chi connectivity index (χ1v) is 6.38. The van der Waals surface area contributed by atoms with Crippen molar-refractivity contribution in [1.29, 1.82) is 0 Å². The molecule has 0 atom stereocenters. The van der Waals surface area contributed by atoms with Crippen LogP contribution in [0.1, 0.15) is 5.69 Å². The Balaban J connectivity index is 1.87. The van der Waals surface area contributed by atoms with Crippen molar-refractivity contribution in [2.24, 2.45) is 0 Å². The van der Waals surface area contributed by atoms with E-state index < -0.39 is 0 Å². The molecule has 3 rings (SSSR count). The molecule has 0 unspecified atom stereocenters. The van der Waals surface area contributed by atoms with Crippen molar-refractivity contribution in [2.45, 2.75) is 6.54 Å². The maximum absolute atomic E-state index is 4.27. The molecular formula is C9H7BrN6S. The van der Waals surface area contributed by atoms with Crippen LogP contribution in [0.25, 0.3) is 5.65 Å². The Morgan fingerprint density at radius 2 is 2.24 bits per heavy atom. The van der Waals surface area contributed by atoms with Crippen molar-refractivity contribution in [1.82, 2.24) is 24.0 Å². The van der Waals surface area contributed by atoms with Gasteiger partial charge in [0, 0.05) is 17.7 Å². The van der Waals surface area contributed by atoms with Gasteiger partial charge in [-0.25, -0.2) is 9.97 Å². The van der Waals surface area contributed by atoms with E-state index in [2.05, 4.69) is 40.8 Å². The second-order valence-corrected chi connectivity index (χ2v) is 4.92. The summed E-state index contributed by atoms with van der Waals surface area (Å²) >= 11 is 4.67. The first-order valence-electron chi connectivity index (χ1n) is 4.81. The van der Waals surface area contributed by atoms with E-state index in [1.165, 1.54) is 11.5 Å². The first kappa shape index (κ1) is 10.6. The quantitative estimate of drug-likeness (QED) is 0.801. The molecule has 0 radical (unpaired) electrons. The molecule has 6 nitrogen and oxygen atoms in total. The van der Waals surface area contributed by atoms with E-state index in [4.69, 9.17) is 0 Å². The van der Waals surface area contributed by atoms with Gasteiger partial charge >= 0.3 is 0 Å². The van der Waals surface area contributed by atoms with Gasteiger partial charge in [0.1, 0.15) is 9.60 Å². The number of nitrogens with one attached hydrogen (secondary N) is 1.